The van der Waals surface area contributed by atoms with Gasteiger partial charge >= 0.3 is 0 Å². The maximum atomic E-state index is 12.0. The third-order valence-corrected chi connectivity index (χ3v) is 3.63. The largest absolute Gasteiger partial charge is 0.485 e. The molecular formula is C18H16ClNO4. The van der Waals surface area contributed by atoms with Crippen LogP contribution in [0.1, 0.15) is 27.6 Å². The smallest absolute Gasteiger partial charge is 0.287 e. The molecular weight excluding hydrogens is 330 g/mol. The average molecular weight is 346 g/mol. The summed E-state index contributed by atoms with van der Waals surface area (Å²) >= 11 is 5.91. The summed E-state index contributed by atoms with van der Waals surface area (Å²) in [7, 11) is 0. The van der Waals surface area contributed by atoms with Gasteiger partial charge in [-0.25, -0.2) is 0 Å². The van der Waals surface area contributed by atoms with Gasteiger partial charge in [-0.3, -0.25) is 4.79 Å². The van der Waals surface area contributed by atoms with Gasteiger partial charge in [-0.15, -0.1) is 0 Å². The van der Waals surface area contributed by atoms with E-state index < -0.39 is 0 Å². The van der Waals surface area contributed by atoms with Crippen LogP contribution in [-0.2, 0) is 13.2 Å². The predicted octanol–water partition coefficient (Wildman–Crippen LogP) is 4.34. The van der Waals surface area contributed by atoms with Gasteiger partial charge in [-0.2, -0.15) is 0 Å². The van der Waals surface area contributed by atoms with Gasteiger partial charge < -0.3 is 18.9 Å². The van der Waals surface area contributed by atoms with Crippen LogP contribution in [0, 0.1) is 6.92 Å². The first-order valence-corrected chi connectivity index (χ1v) is 7.78. The molecule has 0 aliphatic heterocycles. The Kier molecular flexibility index (Phi) is 4.91. The van der Waals surface area contributed by atoms with Crippen molar-refractivity contribution in [3.05, 3.63) is 76.6 Å². The fourth-order valence-corrected chi connectivity index (χ4v) is 2.40. The van der Waals surface area contributed by atoms with Crippen molar-refractivity contribution in [1.82, 2.24) is 5.32 Å². The lowest BCUT2D eigenvalue weighted by Gasteiger charge is -2.07. The number of carbonyl (C=O) groups excluding carboxylic acids is 1. The molecule has 5 nitrogen and oxygen atoms in total. The first-order chi connectivity index (χ1) is 11.6. The highest BCUT2D eigenvalue weighted by Crippen LogP contribution is 2.23. The van der Waals surface area contributed by atoms with E-state index in [1.54, 1.807) is 42.7 Å². The lowest BCUT2D eigenvalue weighted by Crippen LogP contribution is -2.21. The van der Waals surface area contributed by atoms with Crippen LogP contribution in [0.25, 0.3) is 0 Å². The van der Waals surface area contributed by atoms with Crippen molar-refractivity contribution >= 4 is 17.5 Å². The van der Waals surface area contributed by atoms with Gasteiger partial charge in [0.15, 0.2) is 5.76 Å². The molecule has 0 spiro atoms. The van der Waals surface area contributed by atoms with Gasteiger partial charge in [0.1, 0.15) is 23.9 Å². The summed E-state index contributed by atoms with van der Waals surface area (Å²) in [6.45, 7) is 2.45. The van der Waals surface area contributed by atoms with E-state index in [2.05, 4.69) is 5.32 Å². The molecule has 0 fully saturated rings. The Morgan fingerprint density at radius 1 is 1.21 bits per heavy atom. The second-order valence-electron chi connectivity index (χ2n) is 5.23. The Morgan fingerprint density at radius 3 is 2.83 bits per heavy atom. The van der Waals surface area contributed by atoms with E-state index in [4.69, 9.17) is 25.2 Å². The number of carbonyl (C=O) groups is 1. The van der Waals surface area contributed by atoms with E-state index >= 15 is 0 Å². The van der Waals surface area contributed by atoms with Crippen LogP contribution in [0.3, 0.4) is 0 Å². The quantitative estimate of drug-likeness (QED) is 0.721. The van der Waals surface area contributed by atoms with Crippen molar-refractivity contribution in [2.45, 2.75) is 20.1 Å². The summed E-state index contributed by atoms with van der Waals surface area (Å²) < 4.78 is 16.4. The number of benzene rings is 1. The molecule has 1 amide bonds. The van der Waals surface area contributed by atoms with Crippen LogP contribution in [-0.4, -0.2) is 5.91 Å². The van der Waals surface area contributed by atoms with Crippen molar-refractivity contribution in [3.63, 3.8) is 0 Å². The molecule has 3 rings (SSSR count). The monoisotopic (exact) mass is 345 g/mol. The van der Waals surface area contributed by atoms with E-state index in [0.29, 0.717) is 23.1 Å². The molecule has 1 N–H and O–H groups in total. The highest BCUT2D eigenvalue weighted by Gasteiger charge is 2.12. The normalized spacial score (nSPS) is 10.6. The Morgan fingerprint density at radius 2 is 2.08 bits per heavy atom. The number of furan rings is 2. The minimum atomic E-state index is -0.305. The van der Waals surface area contributed by atoms with Gasteiger partial charge in [-0.1, -0.05) is 11.6 Å². The fourth-order valence-electron chi connectivity index (χ4n) is 2.17. The molecule has 0 bridgehead atoms. The maximum Gasteiger partial charge on any atom is 0.287 e. The van der Waals surface area contributed by atoms with Crippen LogP contribution in [0.2, 0.25) is 5.02 Å². The van der Waals surface area contributed by atoms with Crippen molar-refractivity contribution in [2.75, 3.05) is 0 Å². The van der Waals surface area contributed by atoms with Crippen LogP contribution in [0.5, 0.6) is 5.75 Å². The second kappa shape index (κ2) is 7.27. The SMILES string of the molecule is Cc1cc(Cl)ccc1OCc1ccc(C(=O)NCc2ccco2)o1. The van der Waals surface area contributed by atoms with Crippen LogP contribution < -0.4 is 10.1 Å². The lowest BCUT2D eigenvalue weighted by molar-refractivity contribution is 0.0916. The summed E-state index contributed by atoms with van der Waals surface area (Å²) in [6, 6.07) is 12.3. The summed E-state index contributed by atoms with van der Waals surface area (Å²) in [5.74, 6) is 1.89. The van der Waals surface area contributed by atoms with Gasteiger partial charge in [0.05, 0.1) is 12.8 Å². The minimum Gasteiger partial charge on any atom is -0.485 e. The molecule has 0 saturated carbocycles. The fraction of sp³-hybridized carbons (Fsp3) is 0.167. The van der Waals surface area contributed by atoms with Gasteiger partial charge in [0, 0.05) is 5.02 Å². The first kappa shape index (κ1) is 16.2. The standard InChI is InChI=1S/C18H16ClNO4/c1-12-9-13(19)4-6-16(12)23-11-15-5-7-17(24-15)18(21)20-10-14-3-2-8-22-14/h2-9H,10-11H2,1H3,(H,20,21). The zero-order chi connectivity index (χ0) is 16.9. The van der Waals surface area contributed by atoms with Crippen molar-refractivity contribution < 1.29 is 18.4 Å². The van der Waals surface area contributed by atoms with E-state index in [1.165, 1.54) is 0 Å². The first-order valence-electron chi connectivity index (χ1n) is 7.40. The predicted molar refractivity (Wildman–Crippen MR) is 89.1 cm³/mol. The molecule has 124 valence electrons. The van der Waals surface area contributed by atoms with E-state index in [-0.39, 0.29) is 18.3 Å². The number of nitrogens with one attached hydrogen (secondary N) is 1. The molecule has 0 aliphatic rings. The molecule has 3 aromatic rings. The number of amides is 1. The van der Waals surface area contributed by atoms with Crippen LogP contribution >= 0.6 is 11.6 Å². The Bertz CT molecular complexity index is 823. The summed E-state index contributed by atoms with van der Waals surface area (Å²) in [5.41, 5.74) is 0.936. The lowest BCUT2D eigenvalue weighted by atomic mass is 10.2. The Labute approximate surface area is 144 Å². The highest BCUT2D eigenvalue weighted by atomic mass is 35.5. The van der Waals surface area contributed by atoms with Crippen molar-refractivity contribution in [1.29, 1.82) is 0 Å². The molecule has 0 atom stereocenters. The third-order valence-electron chi connectivity index (χ3n) is 3.40. The molecule has 0 radical (unpaired) electrons. The molecule has 2 aromatic heterocycles. The summed E-state index contributed by atoms with van der Waals surface area (Å²) in [5, 5.41) is 3.38. The minimum absolute atomic E-state index is 0.230. The van der Waals surface area contributed by atoms with Gasteiger partial charge in [0.2, 0.25) is 0 Å². The topological polar surface area (TPSA) is 64.6 Å². The number of aryl methyl sites for hydroxylation is 1. The number of halogens is 1. The van der Waals surface area contributed by atoms with E-state index in [1.807, 2.05) is 13.0 Å². The number of rotatable bonds is 6. The molecule has 0 aliphatic carbocycles. The molecule has 2 heterocycles. The third kappa shape index (κ3) is 4.00. The number of ether oxygens (including phenoxy) is 1. The Balaban J connectivity index is 1.55. The second-order valence-corrected chi connectivity index (χ2v) is 5.66. The maximum absolute atomic E-state index is 12.0. The van der Waals surface area contributed by atoms with Gasteiger partial charge in [-0.05, 0) is 55.0 Å². The van der Waals surface area contributed by atoms with Crippen LogP contribution in [0.4, 0.5) is 0 Å². The number of hydrogen-bond donors (Lipinski definition) is 1. The summed E-state index contributed by atoms with van der Waals surface area (Å²) in [4.78, 5) is 12.0. The van der Waals surface area contributed by atoms with Gasteiger partial charge in [0.25, 0.3) is 5.91 Å². The van der Waals surface area contributed by atoms with E-state index in [0.717, 1.165) is 11.3 Å². The molecule has 0 saturated heterocycles. The summed E-state index contributed by atoms with van der Waals surface area (Å²) in [6.07, 6.45) is 1.56. The molecule has 1 aromatic carbocycles. The molecule has 0 unspecified atom stereocenters. The van der Waals surface area contributed by atoms with Crippen molar-refractivity contribution in [3.8, 4) is 5.75 Å². The Hall–Kier alpha value is -2.66. The van der Waals surface area contributed by atoms with Crippen LogP contribution in [0.15, 0.2) is 57.6 Å². The number of hydrogen-bond acceptors (Lipinski definition) is 4. The zero-order valence-corrected chi connectivity index (χ0v) is 13.8. The zero-order valence-electron chi connectivity index (χ0n) is 13.0. The molecule has 24 heavy (non-hydrogen) atoms. The van der Waals surface area contributed by atoms with Crippen molar-refractivity contribution in [2.24, 2.45) is 0 Å². The highest BCUT2D eigenvalue weighted by molar-refractivity contribution is 6.30. The average Bonchev–Trinajstić information content (AvgIpc) is 3.23. The van der Waals surface area contributed by atoms with E-state index in [9.17, 15) is 4.79 Å². The molecule has 6 heteroatoms.